The van der Waals surface area contributed by atoms with E-state index in [1.54, 1.807) is 0 Å². The van der Waals surface area contributed by atoms with E-state index >= 15 is 0 Å². The maximum atomic E-state index is 8.39. The van der Waals surface area contributed by atoms with Gasteiger partial charge >= 0.3 is 40.7 Å². The van der Waals surface area contributed by atoms with Crippen molar-refractivity contribution in [3.05, 3.63) is 0 Å². The van der Waals surface area contributed by atoms with Gasteiger partial charge in [-0.05, 0) is 0 Å². The summed E-state index contributed by atoms with van der Waals surface area (Å²) in [6, 6.07) is 0. The molecule has 0 aromatic rings. The molecule has 0 aliphatic rings. The summed E-state index contributed by atoms with van der Waals surface area (Å²) in [7, 11) is 0. The zero-order chi connectivity index (χ0) is 2.00. The molecule has 0 saturated carbocycles. The van der Waals surface area contributed by atoms with Gasteiger partial charge in [0.05, 0.1) is 0 Å². The molecule has 4 heteroatoms. The Morgan fingerprint density at radius 2 is 1.25 bits per heavy atom. The summed E-state index contributed by atoms with van der Waals surface area (Å²) in [5.74, 6) is 0. The van der Waals surface area contributed by atoms with E-state index in [-0.39, 0.29) is 81.0 Å². The third-order valence-corrected chi connectivity index (χ3v) is 0. The third-order valence-electron chi connectivity index (χ3n) is 0. The van der Waals surface area contributed by atoms with E-state index < -0.39 is 0 Å². The predicted octanol–water partition coefficient (Wildman–Crippen LogP) is -0.124. The fraction of sp³-hybridized carbons (Fsp3) is 0. The first-order chi connectivity index (χ1) is 1.00. The van der Waals surface area contributed by atoms with E-state index in [9.17, 15) is 0 Å². The molecule has 0 saturated heterocycles. The van der Waals surface area contributed by atoms with Gasteiger partial charge < -0.3 is 0 Å². The van der Waals surface area contributed by atoms with Crippen molar-refractivity contribution < 1.29 is 81.9 Å². The Balaban J connectivity index is -0.00000000500. The van der Waals surface area contributed by atoms with Crippen LogP contribution in [0.3, 0.4) is 0 Å². The first-order valence-corrected chi connectivity index (χ1v) is 1.49. The van der Waals surface area contributed by atoms with Crippen molar-refractivity contribution in [3.63, 3.8) is 0 Å². The van der Waals surface area contributed by atoms with Gasteiger partial charge in [-0.25, -0.2) is 0 Å². The van der Waals surface area contributed by atoms with Crippen LogP contribution in [0.4, 0.5) is 0 Å². The molecule has 0 N–H and O–H groups in total. The second kappa shape index (κ2) is 17.8. The van der Waals surface area contributed by atoms with Crippen molar-refractivity contribution in [1.29, 1.82) is 0 Å². The van der Waals surface area contributed by atoms with Crippen molar-refractivity contribution in [2.75, 3.05) is 0 Å². The molecule has 0 aliphatic heterocycles. The molecule has 0 aliphatic carbocycles. The molecule has 0 aromatic carbocycles. The molecule has 0 aromatic heterocycles. The van der Waals surface area contributed by atoms with E-state index in [0.717, 1.165) is 0 Å². The third kappa shape index (κ3) is 8.82. The summed E-state index contributed by atoms with van der Waals surface area (Å²) in [6.45, 7) is 0. The van der Waals surface area contributed by atoms with Crippen LogP contribution in [0.15, 0.2) is 0 Å². The first-order valence-electron chi connectivity index (χ1n) is 0.204. The van der Waals surface area contributed by atoms with E-state index in [2.05, 4.69) is 0 Å². The molecule has 0 heterocycles. The van der Waals surface area contributed by atoms with Gasteiger partial charge in [-0.15, -0.1) is 0 Å². The summed E-state index contributed by atoms with van der Waals surface area (Å²) in [5, 5.41) is 0. The standard InChI is InChI=1S/Ce.O.Ru.Ti. The summed E-state index contributed by atoms with van der Waals surface area (Å²) in [6.07, 6.45) is 0. The van der Waals surface area contributed by atoms with Crippen molar-refractivity contribution in [2.45, 2.75) is 0 Å². The molecular formula is CeORuTi. The Bertz CT molecular complexity index is 8.00. The van der Waals surface area contributed by atoms with Crippen molar-refractivity contribution in [1.82, 2.24) is 0 Å². The van der Waals surface area contributed by atoms with Gasteiger partial charge in [-0.1, -0.05) is 0 Å². The first kappa shape index (κ1) is 16.0. The molecule has 0 spiro atoms. The van der Waals surface area contributed by atoms with Crippen LogP contribution in [-0.4, -0.2) is 0 Å². The fourth-order valence-electron chi connectivity index (χ4n) is 0. The van der Waals surface area contributed by atoms with Gasteiger partial charge in [0.2, 0.25) is 0 Å². The average Bonchev–Trinajstić information content (AvgIpc) is 1.00. The molecule has 0 amide bonds. The van der Waals surface area contributed by atoms with Crippen LogP contribution in [0.1, 0.15) is 0 Å². The molecule has 0 rings (SSSR count). The fourth-order valence-corrected chi connectivity index (χ4v) is 0. The Hall–Kier alpha value is 2.51. The summed E-state index contributed by atoms with van der Waals surface area (Å²) >= 11 is 0.0556. The van der Waals surface area contributed by atoms with Crippen molar-refractivity contribution >= 4 is 0 Å². The van der Waals surface area contributed by atoms with Crippen LogP contribution in [0.2, 0.25) is 0 Å². The quantitative estimate of drug-likeness (QED) is 0.570. The molecule has 4 heavy (non-hydrogen) atoms. The Kier molecular flexibility index (Phi) is 71.3. The van der Waals surface area contributed by atoms with Crippen molar-refractivity contribution in [3.8, 4) is 0 Å². The number of hydrogen-bond donors (Lipinski definition) is 0. The zero-order valence-corrected chi connectivity index (χ0v) is 8.20. The topological polar surface area (TPSA) is 17.1 Å². The Morgan fingerprint density at radius 1 is 1.25 bits per heavy atom. The van der Waals surface area contributed by atoms with Gasteiger partial charge in [0.25, 0.3) is 0 Å². The maximum absolute atomic E-state index is 8.39. The molecule has 0 fully saturated rings. The van der Waals surface area contributed by atoms with Gasteiger partial charge in [-0.3, -0.25) is 0 Å². The minimum Gasteiger partial charge on any atom is 0 e. The second-order valence-corrected chi connectivity index (χ2v) is 0. The molecule has 22 valence electrons. The minimum atomic E-state index is 0. The second-order valence-electron chi connectivity index (χ2n) is 0. The monoisotopic (exact) mass is 306 g/mol. The van der Waals surface area contributed by atoms with Crippen LogP contribution >= 0.6 is 0 Å². The summed E-state index contributed by atoms with van der Waals surface area (Å²) in [4.78, 5) is 0. The SMILES string of the molecule is [O]=[Ce].[Ru].[Ti]. The van der Waals surface area contributed by atoms with Crippen LogP contribution in [0, 0.1) is 39.8 Å². The molecule has 0 bridgehead atoms. The van der Waals surface area contributed by atoms with Crippen LogP contribution in [-0.2, 0) is 42.1 Å². The van der Waals surface area contributed by atoms with E-state index in [1.165, 1.54) is 0 Å². The van der Waals surface area contributed by atoms with Crippen LogP contribution in [0.5, 0.6) is 0 Å². The van der Waals surface area contributed by atoms with Gasteiger partial charge in [0.1, 0.15) is 0 Å². The zero-order valence-electron chi connectivity index (χ0n) is 1.76. The number of rotatable bonds is 0. The summed E-state index contributed by atoms with van der Waals surface area (Å²) in [5.41, 5.74) is 0. The van der Waals surface area contributed by atoms with Crippen LogP contribution in [0.25, 0.3) is 0 Å². The Labute approximate surface area is 80.1 Å². The van der Waals surface area contributed by atoms with Gasteiger partial charge in [0, 0.05) is 41.2 Å². The van der Waals surface area contributed by atoms with E-state index in [1.807, 2.05) is 0 Å². The molecule has 0 radical (unpaired) electrons. The largest absolute Gasteiger partial charge is 0 e. The predicted molar refractivity (Wildman–Crippen MR) is 0.686 cm³/mol. The molecule has 0 atom stereocenters. The molecule has 1 nitrogen and oxygen atoms in total. The van der Waals surface area contributed by atoms with Gasteiger partial charge in [0.15, 0.2) is 0 Å². The maximum Gasteiger partial charge on any atom is 0 e. The van der Waals surface area contributed by atoms with Gasteiger partial charge in [-0.2, -0.15) is 0 Å². The normalized spacial score (nSPS) is 0.750. The molecular weight excluding hydrogens is 305 g/mol. The summed E-state index contributed by atoms with van der Waals surface area (Å²) < 4.78 is 8.39. The van der Waals surface area contributed by atoms with Crippen LogP contribution < -0.4 is 0 Å². The van der Waals surface area contributed by atoms with E-state index in [4.69, 9.17) is 0.938 Å². The molecule has 0 unspecified atom stereocenters. The number of hydrogen-bond acceptors (Lipinski definition) is 1. The smallest absolute Gasteiger partial charge is 0 e. The average molecular weight is 305 g/mol. The van der Waals surface area contributed by atoms with Crippen molar-refractivity contribution in [2.24, 2.45) is 0 Å². The Morgan fingerprint density at radius 3 is 1.25 bits per heavy atom. The minimum absolute atomic E-state index is 0. The van der Waals surface area contributed by atoms with E-state index in [0.29, 0.717) is 0 Å².